The van der Waals surface area contributed by atoms with Crippen LogP contribution in [0.3, 0.4) is 0 Å². The Bertz CT molecular complexity index is 131. The maximum Gasteiger partial charge on any atom is 0.188 e. The van der Waals surface area contributed by atoms with Gasteiger partial charge in [0.1, 0.15) is 6.29 Å². The molecule has 1 atom stereocenters. The second-order valence-electron chi connectivity index (χ2n) is 3.13. The second kappa shape index (κ2) is 10.9. The van der Waals surface area contributed by atoms with Gasteiger partial charge < -0.3 is 13.9 Å². The van der Waals surface area contributed by atoms with Gasteiger partial charge >= 0.3 is 0 Å². The van der Waals surface area contributed by atoms with E-state index in [4.69, 9.17) is 13.9 Å². The molecule has 0 amide bonds. The van der Waals surface area contributed by atoms with Crippen molar-refractivity contribution < 1.29 is 13.9 Å². The van der Waals surface area contributed by atoms with Crippen molar-refractivity contribution in [1.82, 2.24) is 0 Å². The van der Waals surface area contributed by atoms with Gasteiger partial charge in [-0.05, 0) is 19.3 Å². The van der Waals surface area contributed by atoms with Gasteiger partial charge in [0.25, 0.3) is 0 Å². The maximum absolute atomic E-state index is 5.51. The fourth-order valence-corrected chi connectivity index (χ4v) is 1.83. The molecule has 84 valence electrons. The van der Waals surface area contributed by atoms with Crippen molar-refractivity contribution in [2.75, 3.05) is 20.8 Å². The number of rotatable bonds is 10. The molecular formula is C10H22O3Si. The molecule has 0 aliphatic heterocycles. The lowest BCUT2D eigenvalue weighted by Gasteiger charge is -2.15. The average molecular weight is 218 g/mol. The number of hydrogen-bond acceptors (Lipinski definition) is 3. The highest BCUT2D eigenvalue weighted by Crippen LogP contribution is 2.07. The maximum atomic E-state index is 5.51. The predicted molar refractivity (Wildman–Crippen MR) is 61.0 cm³/mol. The first-order valence-electron chi connectivity index (χ1n) is 5.09. The molecule has 0 radical (unpaired) electrons. The fourth-order valence-electron chi connectivity index (χ4n) is 1.18. The van der Waals surface area contributed by atoms with Gasteiger partial charge in [0.15, 0.2) is 9.76 Å². The predicted octanol–water partition coefficient (Wildman–Crippen LogP) is 1.41. The lowest BCUT2D eigenvalue weighted by atomic mass is 10.2. The standard InChI is InChI=1S/C10H22O3Si/c1-4-14-13-10(12-3)8-6-5-7-9-11-2/h4,10H,1,5-9,14H2,2-3H3. The van der Waals surface area contributed by atoms with Gasteiger partial charge in [-0.1, -0.05) is 12.1 Å². The van der Waals surface area contributed by atoms with Crippen molar-refractivity contribution in [2.45, 2.75) is 32.0 Å². The molecule has 0 fully saturated rings. The first-order valence-corrected chi connectivity index (χ1v) is 6.48. The summed E-state index contributed by atoms with van der Waals surface area (Å²) in [6.45, 7) is 4.50. The van der Waals surface area contributed by atoms with E-state index < -0.39 is 9.76 Å². The Labute approximate surface area is 89.4 Å². The molecule has 0 aromatic carbocycles. The number of hydrogen-bond donors (Lipinski definition) is 0. The molecule has 3 nitrogen and oxygen atoms in total. The van der Waals surface area contributed by atoms with Crippen molar-refractivity contribution in [3.8, 4) is 0 Å². The molecule has 0 aromatic rings. The van der Waals surface area contributed by atoms with Crippen LogP contribution in [-0.4, -0.2) is 36.9 Å². The van der Waals surface area contributed by atoms with Crippen LogP contribution in [0, 0.1) is 0 Å². The van der Waals surface area contributed by atoms with Crippen molar-refractivity contribution in [3.05, 3.63) is 12.3 Å². The molecule has 4 heteroatoms. The molecule has 0 aliphatic carbocycles. The highest BCUT2D eigenvalue weighted by atomic mass is 28.2. The third-order valence-electron chi connectivity index (χ3n) is 1.95. The lowest BCUT2D eigenvalue weighted by molar-refractivity contribution is -0.0575. The van der Waals surface area contributed by atoms with Crippen molar-refractivity contribution in [2.24, 2.45) is 0 Å². The van der Waals surface area contributed by atoms with Crippen LogP contribution >= 0.6 is 0 Å². The molecule has 0 saturated heterocycles. The third kappa shape index (κ3) is 8.44. The Morgan fingerprint density at radius 3 is 2.64 bits per heavy atom. The Morgan fingerprint density at radius 1 is 1.29 bits per heavy atom. The molecule has 0 spiro atoms. The van der Waals surface area contributed by atoms with Crippen LogP contribution in [0.5, 0.6) is 0 Å². The molecule has 0 N–H and O–H groups in total. The normalized spacial score (nSPS) is 13.6. The minimum Gasteiger partial charge on any atom is -0.395 e. The van der Waals surface area contributed by atoms with Gasteiger partial charge in [0, 0.05) is 20.8 Å². The van der Waals surface area contributed by atoms with Crippen LogP contribution < -0.4 is 0 Å². The van der Waals surface area contributed by atoms with E-state index in [0.717, 1.165) is 25.9 Å². The van der Waals surface area contributed by atoms with Crippen LogP contribution in [0.2, 0.25) is 0 Å². The Hall–Kier alpha value is -0.163. The number of methoxy groups -OCH3 is 2. The number of ether oxygens (including phenoxy) is 2. The monoisotopic (exact) mass is 218 g/mol. The summed E-state index contributed by atoms with van der Waals surface area (Å²) in [6.07, 6.45) is 4.37. The average Bonchev–Trinajstić information content (AvgIpc) is 2.22. The summed E-state index contributed by atoms with van der Waals surface area (Å²) in [7, 11) is 2.86. The highest BCUT2D eigenvalue weighted by Gasteiger charge is 2.04. The Balaban J connectivity index is 3.28. The Kier molecular flexibility index (Phi) is 10.8. The lowest BCUT2D eigenvalue weighted by Crippen LogP contribution is -2.16. The zero-order valence-corrected chi connectivity index (χ0v) is 10.7. The van der Waals surface area contributed by atoms with Gasteiger partial charge in [-0.15, -0.1) is 6.58 Å². The smallest absolute Gasteiger partial charge is 0.188 e. The van der Waals surface area contributed by atoms with E-state index in [9.17, 15) is 0 Å². The molecule has 0 bridgehead atoms. The molecule has 1 unspecified atom stereocenters. The fraction of sp³-hybridized carbons (Fsp3) is 0.800. The molecule has 14 heavy (non-hydrogen) atoms. The number of unbranched alkanes of at least 4 members (excludes halogenated alkanes) is 2. The third-order valence-corrected chi connectivity index (χ3v) is 2.75. The SMILES string of the molecule is C=C[SiH2]OC(CCCCCOC)OC. The molecule has 0 aliphatic rings. The summed E-state index contributed by atoms with van der Waals surface area (Å²) in [5.41, 5.74) is 1.87. The zero-order chi connectivity index (χ0) is 10.6. The van der Waals surface area contributed by atoms with E-state index in [0.29, 0.717) is 0 Å². The minimum absolute atomic E-state index is 0.0257. The summed E-state index contributed by atoms with van der Waals surface area (Å²) >= 11 is 0. The van der Waals surface area contributed by atoms with E-state index >= 15 is 0 Å². The summed E-state index contributed by atoms with van der Waals surface area (Å²) in [6, 6.07) is 0. The molecular weight excluding hydrogens is 196 g/mol. The van der Waals surface area contributed by atoms with Gasteiger partial charge in [-0.25, -0.2) is 0 Å². The van der Waals surface area contributed by atoms with Gasteiger partial charge in [0.2, 0.25) is 0 Å². The quantitative estimate of drug-likeness (QED) is 0.315. The van der Waals surface area contributed by atoms with E-state index in [1.807, 2.05) is 5.70 Å². The summed E-state index contributed by atoms with van der Waals surface area (Å²) < 4.78 is 15.7. The van der Waals surface area contributed by atoms with Crippen molar-refractivity contribution in [1.29, 1.82) is 0 Å². The molecule has 0 rings (SSSR count). The van der Waals surface area contributed by atoms with Crippen LogP contribution in [0.1, 0.15) is 25.7 Å². The molecule has 0 heterocycles. The molecule has 0 saturated carbocycles. The van der Waals surface area contributed by atoms with E-state index in [-0.39, 0.29) is 6.29 Å². The molecule has 0 aromatic heterocycles. The van der Waals surface area contributed by atoms with Gasteiger partial charge in [-0.3, -0.25) is 0 Å². The van der Waals surface area contributed by atoms with Crippen LogP contribution in [0.25, 0.3) is 0 Å². The van der Waals surface area contributed by atoms with Gasteiger partial charge in [-0.2, -0.15) is 0 Å². The Morgan fingerprint density at radius 2 is 2.07 bits per heavy atom. The first-order chi connectivity index (χ1) is 6.85. The van der Waals surface area contributed by atoms with Crippen LogP contribution in [0.4, 0.5) is 0 Å². The second-order valence-corrected chi connectivity index (χ2v) is 4.37. The van der Waals surface area contributed by atoms with Crippen LogP contribution in [0.15, 0.2) is 12.3 Å². The first kappa shape index (κ1) is 13.8. The summed E-state index contributed by atoms with van der Waals surface area (Å²) in [4.78, 5) is 0. The van der Waals surface area contributed by atoms with Crippen molar-refractivity contribution >= 4 is 9.76 Å². The zero-order valence-electron chi connectivity index (χ0n) is 9.33. The summed E-state index contributed by atoms with van der Waals surface area (Å²) in [5, 5.41) is 0. The van der Waals surface area contributed by atoms with E-state index in [1.165, 1.54) is 6.42 Å². The van der Waals surface area contributed by atoms with E-state index in [1.54, 1.807) is 14.2 Å². The van der Waals surface area contributed by atoms with Crippen LogP contribution in [-0.2, 0) is 13.9 Å². The van der Waals surface area contributed by atoms with Crippen molar-refractivity contribution in [3.63, 3.8) is 0 Å². The summed E-state index contributed by atoms with van der Waals surface area (Å²) in [5.74, 6) is 0. The topological polar surface area (TPSA) is 27.7 Å². The van der Waals surface area contributed by atoms with Gasteiger partial charge in [0.05, 0.1) is 0 Å². The largest absolute Gasteiger partial charge is 0.395 e. The minimum atomic E-state index is -0.566. The highest BCUT2D eigenvalue weighted by molar-refractivity contribution is 6.34. The van der Waals surface area contributed by atoms with E-state index in [2.05, 4.69) is 6.58 Å².